The topological polar surface area (TPSA) is 95.7 Å². The van der Waals surface area contributed by atoms with Gasteiger partial charge in [0.05, 0.1) is 11.4 Å². The van der Waals surface area contributed by atoms with Gasteiger partial charge >= 0.3 is 0 Å². The molecule has 8 heteroatoms. The number of nitrogens with one attached hydrogen (secondary N) is 1. The zero-order valence-electron chi connectivity index (χ0n) is 10.3. The first kappa shape index (κ1) is 14.2. The van der Waals surface area contributed by atoms with Crippen molar-refractivity contribution in [3.8, 4) is 6.07 Å². The molecule has 0 amide bonds. The molecule has 20 heavy (non-hydrogen) atoms. The summed E-state index contributed by atoms with van der Waals surface area (Å²) in [6.07, 6.45) is 1.12. The number of sulfonamides is 1. The normalized spacial score (nSPS) is 10.8. The molecular formula is C12H9ClN4O2S. The Bertz CT molecular complexity index is 782. The number of halogens is 1. The molecule has 0 spiro atoms. The van der Waals surface area contributed by atoms with Crippen molar-refractivity contribution >= 4 is 27.3 Å². The summed E-state index contributed by atoms with van der Waals surface area (Å²) in [5.41, 5.74) is 0.940. The van der Waals surface area contributed by atoms with E-state index in [1.807, 2.05) is 6.07 Å². The smallest absolute Gasteiger partial charge is 0.263 e. The van der Waals surface area contributed by atoms with E-state index in [2.05, 4.69) is 14.7 Å². The number of hydrogen-bond acceptors (Lipinski definition) is 5. The van der Waals surface area contributed by atoms with Gasteiger partial charge in [0.15, 0.2) is 0 Å². The van der Waals surface area contributed by atoms with Crippen LogP contribution in [0.2, 0.25) is 5.15 Å². The summed E-state index contributed by atoms with van der Waals surface area (Å²) in [6, 6.07) is 7.48. The van der Waals surface area contributed by atoms with Gasteiger partial charge in [0, 0.05) is 6.20 Å². The van der Waals surface area contributed by atoms with E-state index in [0.717, 1.165) is 6.20 Å². The lowest BCUT2D eigenvalue weighted by Crippen LogP contribution is -2.14. The molecule has 0 bridgehead atoms. The molecule has 2 aromatic heterocycles. The lowest BCUT2D eigenvalue weighted by molar-refractivity contribution is 0.600. The van der Waals surface area contributed by atoms with Crippen molar-refractivity contribution in [2.24, 2.45) is 0 Å². The molecule has 2 aromatic rings. The lowest BCUT2D eigenvalue weighted by atomic mass is 10.3. The van der Waals surface area contributed by atoms with Gasteiger partial charge in [-0.05, 0) is 31.2 Å². The second-order valence-corrected chi connectivity index (χ2v) is 5.93. The Balaban J connectivity index is 2.33. The minimum absolute atomic E-state index is 0.0362. The van der Waals surface area contributed by atoms with Crippen LogP contribution >= 0.6 is 11.6 Å². The molecule has 0 unspecified atom stereocenters. The van der Waals surface area contributed by atoms with Crippen LogP contribution in [0.3, 0.4) is 0 Å². The molecule has 0 atom stereocenters. The number of aromatic nitrogens is 2. The summed E-state index contributed by atoms with van der Waals surface area (Å²) in [5, 5.41) is 8.91. The third-order valence-corrected chi connectivity index (χ3v) is 4.02. The van der Waals surface area contributed by atoms with Crippen LogP contribution in [0.25, 0.3) is 0 Å². The molecule has 0 aliphatic rings. The average molecular weight is 309 g/mol. The van der Waals surface area contributed by atoms with Crippen LogP contribution in [0.1, 0.15) is 11.4 Å². The molecule has 0 fully saturated rings. The minimum Gasteiger partial charge on any atom is -0.278 e. The number of anilines is 1. The third kappa shape index (κ3) is 3.04. The number of pyridine rings is 2. The molecule has 2 heterocycles. The van der Waals surface area contributed by atoms with Gasteiger partial charge in [-0.15, -0.1) is 0 Å². The highest BCUT2D eigenvalue weighted by molar-refractivity contribution is 7.92. The first-order valence-electron chi connectivity index (χ1n) is 5.44. The van der Waals surface area contributed by atoms with Gasteiger partial charge in [0.25, 0.3) is 10.0 Å². The number of hydrogen-bond donors (Lipinski definition) is 1. The van der Waals surface area contributed by atoms with Gasteiger partial charge in [-0.25, -0.2) is 18.4 Å². The molecule has 0 saturated carbocycles. The molecule has 0 aliphatic heterocycles. The standard InChI is InChI=1S/C12H9ClN4O2S/c1-8-11(4-5-12(13)16-8)17-20(18,19)10-3-2-9(6-14)15-7-10/h2-5,7,17H,1H3. The van der Waals surface area contributed by atoms with Crippen LogP contribution < -0.4 is 4.72 Å². The molecule has 102 valence electrons. The Morgan fingerprint density at radius 2 is 2.05 bits per heavy atom. The van der Waals surface area contributed by atoms with Crippen LogP contribution in [0, 0.1) is 18.3 Å². The van der Waals surface area contributed by atoms with Crippen molar-refractivity contribution in [2.45, 2.75) is 11.8 Å². The van der Waals surface area contributed by atoms with Crippen LogP contribution in [0.4, 0.5) is 5.69 Å². The van der Waals surface area contributed by atoms with E-state index in [-0.39, 0.29) is 15.7 Å². The Labute approximate surface area is 121 Å². The summed E-state index contributed by atoms with van der Waals surface area (Å²) in [7, 11) is -3.78. The van der Waals surface area contributed by atoms with Crippen LogP contribution in [-0.2, 0) is 10.0 Å². The molecule has 0 aliphatic carbocycles. The fourth-order valence-electron chi connectivity index (χ4n) is 1.45. The van der Waals surface area contributed by atoms with E-state index >= 15 is 0 Å². The van der Waals surface area contributed by atoms with Crippen molar-refractivity contribution < 1.29 is 8.42 Å². The summed E-state index contributed by atoms with van der Waals surface area (Å²) in [5.74, 6) is 0. The van der Waals surface area contributed by atoms with Crippen molar-refractivity contribution in [1.82, 2.24) is 9.97 Å². The Hall–Kier alpha value is -2.17. The highest BCUT2D eigenvalue weighted by Crippen LogP contribution is 2.19. The van der Waals surface area contributed by atoms with Crippen LogP contribution in [-0.4, -0.2) is 18.4 Å². The fraction of sp³-hybridized carbons (Fsp3) is 0.0833. The van der Waals surface area contributed by atoms with Crippen LogP contribution in [0.5, 0.6) is 0 Å². The van der Waals surface area contributed by atoms with Gasteiger partial charge in [-0.1, -0.05) is 11.6 Å². The van der Waals surface area contributed by atoms with E-state index < -0.39 is 10.0 Å². The summed E-state index contributed by atoms with van der Waals surface area (Å²) < 4.78 is 26.7. The van der Waals surface area contributed by atoms with Gasteiger partial charge < -0.3 is 0 Å². The zero-order chi connectivity index (χ0) is 14.8. The maximum atomic E-state index is 12.1. The van der Waals surface area contributed by atoms with E-state index in [4.69, 9.17) is 16.9 Å². The van der Waals surface area contributed by atoms with E-state index in [9.17, 15) is 8.42 Å². The summed E-state index contributed by atoms with van der Waals surface area (Å²) in [6.45, 7) is 1.64. The van der Waals surface area contributed by atoms with E-state index in [1.54, 1.807) is 6.92 Å². The minimum atomic E-state index is -3.78. The molecular weight excluding hydrogens is 300 g/mol. The molecule has 0 radical (unpaired) electrons. The summed E-state index contributed by atoms with van der Waals surface area (Å²) in [4.78, 5) is 7.65. The molecule has 1 N–H and O–H groups in total. The predicted molar refractivity (Wildman–Crippen MR) is 73.7 cm³/mol. The van der Waals surface area contributed by atoms with Gasteiger partial charge in [-0.2, -0.15) is 5.26 Å². The maximum Gasteiger partial charge on any atom is 0.263 e. The monoisotopic (exact) mass is 308 g/mol. The molecule has 0 saturated heterocycles. The highest BCUT2D eigenvalue weighted by atomic mass is 35.5. The van der Waals surface area contributed by atoms with Gasteiger partial charge in [0.1, 0.15) is 21.8 Å². The fourth-order valence-corrected chi connectivity index (χ4v) is 2.70. The molecule has 6 nitrogen and oxygen atoms in total. The summed E-state index contributed by atoms with van der Waals surface area (Å²) >= 11 is 5.71. The first-order chi connectivity index (χ1) is 9.42. The van der Waals surface area contributed by atoms with Crippen molar-refractivity contribution in [3.63, 3.8) is 0 Å². The SMILES string of the molecule is Cc1nc(Cl)ccc1NS(=O)(=O)c1ccc(C#N)nc1. The first-order valence-corrected chi connectivity index (χ1v) is 7.30. The van der Waals surface area contributed by atoms with Crippen molar-refractivity contribution in [3.05, 3.63) is 47.0 Å². The second kappa shape index (κ2) is 5.45. The molecule has 2 rings (SSSR count). The average Bonchev–Trinajstić information content (AvgIpc) is 2.42. The number of nitrogens with zero attached hydrogens (tertiary/aromatic N) is 3. The van der Waals surface area contributed by atoms with E-state index in [0.29, 0.717) is 11.4 Å². The number of nitriles is 1. The second-order valence-electron chi connectivity index (χ2n) is 3.86. The lowest BCUT2D eigenvalue weighted by Gasteiger charge is -2.09. The van der Waals surface area contributed by atoms with Crippen molar-refractivity contribution in [2.75, 3.05) is 4.72 Å². The highest BCUT2D eigenvalue weighted by Gasteiger charge is 2.16. The largest absolute Gasteiger partial charge is 0.278 e. The Kier molecular flexibility index (Phi) is 3.88. The zero-order valence-corrected chi connectivity index (χ0v) is 11.9. The Morgan fingerprint density at radius 3 is 2.60 bits per heavy atom. The third-order valence-electron chi connectivity index (χ3n) is 2.46. The number of rotatable bonds is 3. The van der Waals surface area contributed by atoms with Crippen LogP contribution in [0.15, 0.2) is 35.4 Å². The maximum absolute atomic E-state index is 12.1. The number of aryl methyl sites for hydroxylation is 1. The molecule has 0 aromatic carbocycles. The van der Waals surface area contributed by atoms with Gasteiger partial charge in [-0.3, -0.25) is 4.72 Å². The Morgan fingerprint density at radius 1 is 1.30 bits per heavy atom. The quantitative estimate of drug-likeness (QED) is 0.876. The van der Waals surface area contributed by atoms with E-state index in [1.165, 1.54) is 24.3 Å². The predicted octanol–water partition coefficient (Wildman–Crippen LogP) is 2.11. The van der Waals surface area contributed by atoms with Crippen molar-refractivity contribution in [1.29, 1.82) is 5.26 Å². The van der Waals surface area contributed by atoms with Gasteiger partial charge in [0.2, 0.25) is 0 Å².